The molecule has 0 radical (unpaired) electrons. The van der Waals surface area contributed by atoms with Crippen molar-refractivity contribution >= 4 is 5.91 Å². The summed E-state index contributed by atoms with van der Waals surface area (Å²) in [6.07, 6.45) is 6.85. The highest BCUT2D eigenvalue weighted by molar-refractivity contribution is 5.76. The van der Waals surface area contributed by atoms with Crippen LogP contribution in [0.3, 0.4) is 0 Å². The molecule has 3 fully saturated rings. The van der Waals surface area contributed by atoms with Crippen molar-refractivity contribution in [1.29, 1.82) is 0 Å². The number of methoxy groups -OCH3 is 1. The Morgan fingerprint density at radius 2 is 2.04 bits per heavy atom. The van der Waals surface area contributed by atoms with Gasteiger partial charge in [0.05, 0.1) is 12.7 Å². The van der Waals surface area contributed by atoms with Gasteiger partial charge in [-0.25, -0.2) is 0 Å². The largest absolute Gasteiger partial charge is 0.384 e. The van der Waals surface area contributed by atoms with Gasteiger partial charge in [-0.3, -0.25) is 4.79 Å². The maximum absolute atomic E-state index is 12.5. The minimum atomic E-state index is 0.145. The Labute approximate surface area is 153 Å². The third-order valence-corrected chi connectivity index (χ3v) is 7.90. The number of fused-ring (bicyclic) bond motifs is 1. The second-order valence-corrected chi connectivity index (χ2v) is 9.20. The van der Waals surface area contributed by atoms with Gasteiger partial charge in [0.15, 0.2) is 0 Å². The summed E-state index contributed by atoms with van der Waals surface area (Å²) in [5.74, 6) is 2.10. The summed E-state index contributed by atoms with van der Waals surface area (Å²) in [7, 11) is 1.65. The van der Waals surface area contributed by atoms with Crippen molar-refractivity contribution in [2.24, 2.45) is 28.6 Å². The first kappa shape index (κ1) is 19.2. The third kappa shape index (κ3) is 3.03. The summed E-state index contributed by atoms with van der Waals surface area (Å²) in [6, 6.07) is 0.272. The Morgan fingerprint density at radius 1 is 1.32 bits per heavy atom. The summed E-state index contributed by atoms with van der Waals surface area (Å²) in [6.45, 7) is 10.7. The molecule has 0 aromatic rings. The first-order valence-electron chi connectivity index (χ1n) is 10.3. The molecule has 3 aliphatic rings. The zero-order valence-electron chi connectivity index (χ0n) is 16.8. The molecule has 2 saturated carbocycles. The van der Waals surface area contributed by atoms with Gasteiger partial charge >= 0.3 is 0 Å². The zero-order chi connectivity index (χ0) is 18.2. The predicted octanol–water partition coefficient (Wildman–Crippen LogP) is 3.79. The molecule has 25 heavy (non-hydrogen) atoms. The lowest BCUT2D eigenvalue weighted by atomic mass is 9.58. The van der Waals surface area contributed by atoms with Crippen molar-refractivity contribution in [2.45, 2.75) is 78.4 Å². The first-order valence-corrected chi connectivity index (χ1v) is 10.3. The van der Waals surface area contributed by atoms with Gasteiger partial charge < -0.3 is 14.8 Å². The maximum atomic E-state index is 12.5. The van der Waals surface area contributed by atoms with E-state index in [2.05, 4.69) is 33.0 Å². The Kier molecular flexibility index (Phi) is 5.51. The van der Waals surface area contributed by atoms with Crippen molar-refractivity contribution in [3.63, 3.8) is 0 Å². The van der Waals surface area contributed by atoms with E-state index in [0.29, 0.717) is 36.9 Å². The van der Waals surface area contributed by atoms with E-state index >= 15 is 0 Å². The maximum Gasteiger partial charge on any atom is 0.222 e. The number of hydrogen-bond donors (Lipinski definition) is 1. The van der Waals surface area contributed by atoms with Gasteiger partial charge in [-0.2, -0.15) is 0 Å². The average molecular weight is 352 g/mol. The molecule has 2 bridgehead atoms. The van der Waals surface area contributed by atoms with Crippen LogP contribution in [0.15, 0.2) is 0 Å². The number of ether oxygens (including phenoxy) is 2. The highest BCUT2D eigenvalue weighted by atomic mass is 16.5. The fraction of sp³-hybridized carbons (Fsp3) is 0.952. The van der Waals surface area contributed by atoms with E-state index in [4.69, 9.17) is 9.47 Å². The fourth-order valence-electron chi connectivity index (χ4n) is 6.48. The van der Waals surface area contributed by atoms with Crippen molar-refractivity contribution in [3.05, 3.63) is 0 Å². The van der Waals surface area contributed by atoms with E-state index in [0.717, 1.165) is 13.0 Å². The minimum absolute atomic E-state index is 0.145. The molecule has 0 unspecified atom stereocenters. The Bertz CT molecular complexity index is 488. The van der Waals surface area contributed by atoms with Crippen LogP contribution in [0.1, 0.15) is 66.2 Å². The molecule has 0 aromatic carbocycles. The predicted molar refractivity (Wildman–Crippen MR) is 99.3 cm³/mol. The molecule has 1 aliphatic heterocycles. The molecule has 144 valence electrons. The summed E-state index contributed by atoms with van der Waals surface area (Å²) in [5.41, 5.74) is 0.414. The quantitative estimate of drug-likeness (QED) is 0.759. The Balaban J connectivity index is 1.84. The van der Waals surface area contributed by atoms with Crippen LogP contribution in [0.4, 0.5) is 0 Å². The number of carbonyl (C=O) groups is 1. The van der Waals surface area contributed by atoms with Crippen LogP contribution in [0.25, 0.3) is 0 Å². The molecule has 0 aromatic heterocycles. The smallest absolute Gasteiger partial charge is 0.222 e. The minimum Gasteiger partial charge on any atom is -0.384 e. The third-order valence-electron chi connectivity index (χ3n) is 7.90. The highest BCUT2D eigenvalue weighted by Gasteiger charge is 2.68. The average Bonchev–Trinajstić information content (AvgIpc) is 3.07. The van der Waals surface area contributed by atoms with E-state index < -0.39 is 0 Å². The molecule has 3 rings (SSSR count). The van der Waals surface area contributed by atoms with E-state index in [9.17, 15) is 4.79 Å². The summed E-state index contributed by atoms with van der Waals surface area (Å²) in [4.78, 5) is 12.5. The van der Waals surface area contributed by atoms with E-state index in [1.54, 1.807) is 7.11 Å². The van der Waals surface area contributed by atoms with Gasteiger partial charge in [-0.15, -0.1) is 0 Å². The molecule has 1 heterocycles. The normalized spacial score (nSPS) is 38.8. The van der Waals surface area contributed by atoms with E-state index in [1.807, 2.05) is 0 Å². The lowest BCUT2D eigenvalue weighted by molar-refractivity contribution is -0.148. The van der Waals surface area contributed by atoms with Gasteiger partial charge in [0.2, 0.25) is 5.91 Å². The molecule has 1 spiro atoms. The van der Waals surface area contributed by atoms with Crippen molar-refractivity contribution in [3.8, 4) is 0 Å². The molecular weight excluding hydrogens is 314 g/mol. The second-order valence-electron chi connectivity index (χ2n) is 9.20. The summed E-state index contributed by atoms with van der Waals surface area (Å²) in [5, 5.41) is 3.45. The molecule has 4 heteroatoms. The van der Waals surface area contributed by atoms with Crippen molar-refractivity contribution in [1.82, 2.24) is 5.32 Å². The summed E-state index contributed by atoms with van der Waals surface area (Å²) < 4.78 is 11.4. The number of rotatable bonds is 7. The zero-order valence-corrected chi connectivity index (χ0v) is 16.8. The molecule has 1 amide bonds. The topological polar surface area (TPSA) is 47.6 Å². The molecule has 1 N–H and O–H groups in total. The van der Waals surface area contributed by atoms with Crippen LogP contribution in [0, 0.1) is 28.6 Å². The van der Waals surface area contributed by atoms with Crippen LogP contribution in [0.2, 0.25) is 0 Å². The van der Waals surface area contributed by atoms with Gasteiger partial charge in [0, 0.05) is 26.2 Å². The first-order chi connectivity index (χ1) is 11.9. The van der Waals surface area contributed by atoms with Crippen molar-refractivity contribution in [2.75, 3.05) is 20.3 Å². The lowest BCUT2D eigenvalue weighted by Gasteiger charge is -2.54. The number of nitrogens with one attached hydrogen (secondary N) is 1. The molecular formula is C21H37NO3. The lowest BCUT2D eigenvalue weighted by Crippen LogP contribution is -2.61. The monoisotopic (exact) mass is 351 g/mol. The van der Waals surface area contributed by atoms with E-state index in [-0.39, 0.29) is 22.8 Å². The number of carbonyl (C=O) groups excluding carboxylic acids is 1. The SMILES string of the molecule is CCC(CC)[C@H]1OCC[C@@]23C[C@@H](C[C@H]12)C(C)(C)[C@@H]3NC(=O)CCOC. The number of amides is 1. The van der Waals surface area contributed by atoms with Crippen molar-refractivity contribution < 1.29 is 14.3 Å². The van der Waals surface area contributed by atoms with Crippen LogP contribution in [-0.2, 0) is 14.3 Å². The van der Waals surface area contributed by atoms with Gasteiger partial charge in [0.25, 0.3) is 0 Å². The number of hydrogen-bond acceptors (Lipinski definition) is 3. The molecule has 5 atom stereocenters. The highest BCUT2D eigenvalue weighted by Crippen LogP contribution is 2.69. The van der Waals surface area contributed by atoms with Crippen LogP contribution in [0.5, 0.6) is 0 Å². The summed E-state index contributed by atoms with van der Waals surface area (Å²) >= 11 is 0. The molecule has 4 nitrogen and oxygen atoms in total. The van der Waals surface area contributed by atoms with Gasteiger partial charge in [-0.05, 0) is 47.8 Å². The van der Waals surface area contributed by atoms with E-state index in [1.165, 1.54) is 25.7 Å². The fourth-order valence-corrected chi connectivity index (χ4v) is 6.48. The van der Waals surface area contributed by atoms with Crippen LogP contribution < -0.4 is 5.32 Å². The molecule has 2 aliphatic carbocycles. The van der Waals surface area contributed by atoms with Gasteiger partial charge in [-0.1, -0.05) is 40.5 Å². The Morgan fingerprint density at radius 3 is 2.68 bits per heavy atom. The van der Waals surface area contributed by atoms with Crippen LogP contribution >= 0.6 is 0 Å². The second kappa shape index (κ2) is 7.19. The molecule has 1 saturated heterocycles. The standard InChI is InChI=1S/C21H37NO3/c1-6-14(7-2)18-16-12-15-13-21(16,9-11-25-18)19(20(15,3)4)22-17(23)8-10-24-5/h14-16,18-19H,6-13H2,1-5H3,(H,22,23)/t15-,16-,18-,19+,21-/m1/s1. The van der Waals surface area contributed by atoms with Crippen LogP contribution in [-0.4, -0.2) is 38.4 Å². The van der Waals surface area contributed by atoms with Gasteiger partial charge in [0.1, 0.15) is 0 Å². The Hall–Kier alpha value is -0.610.